The second-order valence-electron chi connectivity index (χ2n) is 6.50. The van der Waals surface area contributed by atoms with Gasteiger partial charge >= 0.3 is 0 Å². The molecule has 1 unspecified atom stereocenters. The van der Waals surface area contributed by atoms with Gasteiger partial charge in [0.15, 0.2) is 0 Å². The smallest absolute Gasteiger partial charge is 0.119 e. The molecule has 3 heteroatoms. The van der Waals surface area contributed by atoms with E-state index in [1.807, 2.05) is 6.07 Å². The van der Waals surface area contributed by atoms with E-state index in [-0.39, 0.29) is 0 Å². The summed E-state index contributed by atoms with van der Waals surface area (Å²) >= 11 is 0. The van der Waals surface area contributed by atoms with Crippen LogP contribution in [-0.4, -0.2) is 37.7 Å². The highest BCUT2D eigenvalue weighted by atomic mass is 16.5. The van der Waals surface area contributed by atoms with Crippen LogP contribution >= 0.6 is 0 Å². The number of rotatable bonds is 5. The fourth-order valence-electron chi connectivity index (χ4n) is 4.50. The molecule has 1 aliphatic carbocycles. The molecular formula is C18H28N2O. The number of hydrogen-bond donors (Lipinski definition) is 1. The van der Waals surface area contributed by atoms with Gasteiger partial charge in [0.2, 0.25) is 0 Å². The first-order valence-electron chi connectivity index (χ1n) is 8.36. The molecule has 2 aliphatic rings. The number of hydrogen-bond acceptors (Lipinski definition) is 3. The molecule has 2 fully saturated rings. The Balaban J connectivity index is 1.94. The lowest BCUT2D eigenvalue weighted by molar-refractivity contribution is 0.0796. The molecule has 1 aromatic rings. The number of ether oxygens (including phenoxy) is 1. The Hall–Kier alpha value is -1.06. The molecule has 0 radical (unpaired) electrons. The monoisotopic (exact) mass is 288 g/mol. The van der Waals surface area contributed by atoms with Crippen molar-refractivity contribution in [2.45, 2.75) is 50.1 Å². The number of benzene rings is 1. The SMILES string of the molecule is CNC(c1cccc(OC)c1)C1(N2CCCC2)CCCC1. The summed E-state index contributed by atoms with van der Waals surface area (Å²) in [5.74, 6) is 0.960. The second-order valence-corrected chi connectivity index (χ2v) is 6.50. The molecule has 1 atom stereocenters. The van der Waals surface area contributed by atoms with Crippen LogP contribution in [-0.2, 0) is 0 Å². The first kappa shape index (κ1) is 14.9. The van der Waals surface area contributed by atoms with Crippen LogP contribution in [0.3, 0.4) is 0 Å². The number of nitrogens with one attached hydrogen (secondary N) is 1. The van der Waals surface area contributed by atoms with Crippen molar-refractivity contribution in [3.05, 3.63) is 29.8 Å². The highest BCUT2D eigenvalue weighted by Gasteiger charge is 2.46. The lowest BCUT2D eigenvalue weighted by Crippen LogP contribution is -2.53. The Morgan fingerprint density at radius 2 is 1.86 bits per heavy atom. The molecule has 116 valence electrons. The van der Waals surface area contributed by atoms with Gasteiger partial charge in [-0.1, -0.05) is 25.0 Å². The fourth-order valence-corrected chi connectivity index (χ4v) is 4.50. The average molecular weight is 288 g/mol. The molecule has 1 heterocycles. The Morgan fingerprint density at radius 1 is 1.14 bits per heavy atom. The zero-order chi connectivity index (χ0) is 14.7. The van der Waals surface area contributed by atoms with Crippen molar-refractivity contribution in [1.82, 2.24) is 10.2 Å². The average Bonchev–Trinajstić information content (AvgIpc) is 3.20. The standard InChI is InChI=1S/C18H28N2O/c1-19-17(15-8-7-9-16(14-15)21-2)18(10-3-4-11-18)20-12-5-6-13-20/h7-9,14,17,19H,3-6,10-13H2,1-2H3. The summed E-state index contributed by atoms with van der Waals surface area (Å²) in [5, 5.41) is 3.63. The number of nitrogens with zero attached hydrogens (tertiary/aromatic N) is 1. The number of methoxy groups -OCH3 is 1. The van der Waals surface area contributed by atoms with Crippen LogP contribution < -0.4 is 10.1 Å². The molecule has 0 spiro atoms. The highest BCUT2D eigenvalue weighted by molar-refractivity contribution is 5.33. The first-order chi connectivity index (χ1) is 10.3. The molecule has 0 bridgehead atoms. The van der Waals surface area contributed by atoms with Crippen molar-refractivity contribution < 1.29 is 4.74 Å². The summed E-state index contributed by atoms with van der Waals surface area (Å²) < 4.78 is 5.43. The predicted molar refractivity (Wildman–Crippen MR) is 86.8 cm³/mol. The second kappa shape index (κ2) is 6.37. The summed E-state index contributed by atoms with van der Waals surface area (Å²) in [6.07, 6.45) is 8.06. The molecule has 0 aromatic heterocycles. The van der Waals surface area contributed by atoms with Crippen molar-refractivity contribution >= 4 is 0 Å². The maximum atomic E-state index is 5.43. The van der Waals surface area contributed by atoms with Crippen molar-refractivity contribution in [2.24, 2.45) is 0 Å². The molecule has 21 heavy (non-hydrogen) atoms. The molecular weight excluding hydrogens is 260 g/mol. The summed E-state index contributed by atoms with van der Waals surface area (Å²) in [6, 6.07) is 9.00. The van der Waals surface area contributed by atoms with Gasteiger partial charge in [0, 0.05) is 5.54 Å². The Morgan fingerprint density at radius 3 is 2.48 bits per heavy atom. The Bertz CT molecular complexity index is 462. The van der Waals surface area contributed by atoms with Crippen LogP contribution in [0.5, 0.6) is 5.75 Å². The number of likely N-dealkylation sites (N-methyl/N-ethyl adjacent to an activating group) is 1. The predicted octanol–water partition coefficient (Wildman–Crippen LogP) is 3.36. The van der Waals surface area contributed by atoms with E-state index in [4.69, 9.17) is 4.74 Å². The van der Waals surface area contributed by atoms with Crippen LogP contribution in [0.2, 0.25) is 0 Å². The molecule has 1 saturated carbocycles. The van der Waals surface area contributed by atoms with Gasteiger partial charge in [0.25, 0.3) is 0 Å². The fraction of sp³-hybridized carbons (Fsp3) is 0.667. The lowest BCUT2D eigenvalue weighted by atomic mass is 9.82. The Labute approximate surface area is 128 Å². The number of likely N-dealkylation sites (tertiary alicyclic amines) is 1. The van der Waals surface area contributed by atoms with E-state index in [2.05, 4.69) is 35.5 Å². The minimum atomic E-state index is 0.303. The van der Waals surface area contributed by atoms with Gasteiger partial charge in [-0.15, -0.1) is 0 Å². The molecule has 3 rings (SSSR count). The summed E-state index contributed by atoms with van der Waals surface area (Å²) in [7, 11) is 3.86. The third-order valence-electron chi connectivity index (χ3n) is 5.46. The quantitative estimate of drug-likeness (QED) is 0.899. The molecule has 1 saturated heterocycles. The van der Waals surface area contributed by atoms with Crippen LogP contribution in [0.25, 0.3) is 0 Å². The summed E-state index contributed by atoms with van der Waals surface area (Å²) in [5.41, 5.74) is 1.67. The molecule has 1 aromatic carbocycles. The minimum absolute atomic E-state index is 0.303. The van der Waals surface area contributed by atoms with Gasteiger partial charge in [-0.3, -0.25) is 4.90 Å². The van der Waals surface area contributed by atoms with Crippen molar-refractivity contribution in [3.63, 3.8) is 0 Å². The van der Waals surface area contributed by atoms with Gasteiger partial charge in [-0.25, -0.2) is 0 Å². The molecule has 3 nitrogen and oxygen atoms in total. The largest absolute Gasteiger partial charge is 0.497 e. The third-order valence-corrected chi connectivity index (χ3v) is 5.46. The van der Waals surface area contributed by atoms with Gasteiger partial charge in [-0.2, -0.15) is 0 Å². The highest BCUT2D eigenvalue weighted by Crippen LogP contribution is 2.46. The van der Waals surface area contributed by atoms with E-state index in [0.29, 0.717) is 11.6 Å². The van der Waals surface area contributed by atoms with Crippen LogP contribution in [0.4, 0.5) is 0 Å². The first-order valence-corrected chi connectivity index (χ1v) is 8.36. The maximum absolute atomic E-state index is 5.43. The van der Waals surface area contributed by atoms with E-state index < -0.39 is 0 Å². The van der Waals surface area contributed by atoms with E-state index >= 15 is 0 Å². The van der Waals surface area contributed by atoms with Gasteiger partial charge in [0.05, 0.1) is 13.2 Å². The maximum Gasteiger partial charge on any atom is 0.119 e. The zero-order valence-electron chi connectivity index (χ0n) is 13.4. The minimum Gasteiger partial charge on any atom is -0.497 e. The molecule has 1 aliphatic heterocycles. The molecule has 0 amide bonds. The van der Waals surface area contributed by atoms with E-state index in [1.54, 1.807) is 7.11 Å². The van der Waals surface area contributed by atoms with E-state index in [1.165, 1.54) is 57.2 Å². The van der Waals surface area contributed by atoms with Crippen molar-refractivity contribution in [3.8, 4) is 5.75 Å². The van der Waals surface area contributed by atoms with Crippen molar-refractivity contribution in [1.29, 1.82) is 0 Å². The normalized spacial score (nSPS) is 23.3. The van der Waals surface area contributed by atoms with Gasteiger partial charge in [0.1, 0.15) is 5.75 Å². The van der Waals surface area contributed by atoms with Gasteiger partial charge < -0.3 is 10.1 Å². The van der Waals surface area contributed by atoms with Gasteiger partial charge in [-0.05, 0) is 63.5 Å². The topological polar surface area (TPSA) is 24.5 Å². The van der Waals surface area contributed by atoms with Crippen molar-refractivity contribution in [2.75, 3.05) is 27.2 Å². The van der Waals surface area contributed by atoms with Crippen LogP contribution in [0.1, 0.15) is 50.1 Å². The van der Waals surface area contributed by atoms with E-state index in [9.17, 15) is 0 Å². The van der Waals surface area contributed by atoms with Crippen LogP contribution in [0.15, 0.2) is 24.3 Å². The zero-order valence-corrected chi connectivity index (χ0v) is 13.4. The summed E-state index contributed by atoms with van der Waals surface area (Å²) in [4.78, 5) is 2.76. The third kappa shape index (κ3) is 2.69. The van der Waals surface area contributed by atoms with E-state index in [0.717, 1.165) is 5.75 Å². The Kier molecular flexibility index (Phi) is 4.51. The van der Waals surface area contributed by atoms with Crippen LogP contribution in [0, 0.1) is 0 Å². The molecule has 1 N–H and O–H groups in total. The lowest BCUT2D eigenvalue weighted by Gasteiger charge is -2.45. The summed E-state index contributed by atoms with van der Waals surface area (Å²) in [6.45, 7) is 2.53.